The molecule has 4 nitrogen and oxygen atoms in total. The van der Waals surface area contributed by atoms with Crippen molar-refractivity contribution in [3.05, 3.63) is 40.5 Å². The van der Waals surface area contributed by atoms with E-state index < -0.39 is 0 Å². The van der Waals surface area contributed by atoms with Crippen LogP contribution in [0.5, 0.6) is 5.75 Å². The molecule has 0 atom stereocenters. The van der Waals surface area contributed by atoms with E-state index >= 15 is 0 Å². The Morgan fingerprint density at radius 1 is 1.23 bits per heavy atom. The van der Waals surface area contributed by atoms with Crippen LogP contribution in [0.25, 0.3) is 16.2 Å². The van der Waals surface area contributed by atoms with Gasteiger partial charge in [0.2, 0.25) is 0 Å². The first-order valence-corrected chi connectivity index (χ1v) is 8.38. The van der Waals surface area contributed by atoms with Crippen LogP contribution in [0.15, 0.2) is 24.3 Å². The van der Waals surface area contributed by atoms with E-state index in [0.29, 0.717) is 13.2 Å². The molecule has 2 aromatic heterocycles. The van der Waals surface area contributed by atoms with E-state index in [-0.39, 0.29) is 0 Å². The van der Waals surface area contributed by atoms with E-state index in [9.17, 15) is 0 Å². The number of nitrogens with two attached hydrogens (primary N) is 1. The minimum atomic E-state index is 0.631. The van der Waals surface area contributed by atoms with E-state index in [1.54, 1.807) is 11.3 Å². The topological polar surface area (TPSA) is 52.5 Å². The molecule has 0 unspecified atom stereocenters. The number of hydrogen-bond donors (Lipinski definition) is 1. The number of thiazole rings is 1. The Bertz CT molecular complexity index is 786. The summed E-state index contributed by atoms with van der Waals surface area (Å²) in [7, 11) is 0. The number of hydrogen-bond acceptors (Lipinski definition) is 4. The average molecular weight is 315 g/mol. The van der Waals surface area contributed by atoms with Crippen LogP contribution < -0.4 is 10.5 Å². The summed E-state index contributed by atoms with van der Waals surface area (Å²) in [5.41, 5.74) is 10.5. The predicted molar refractivity (Wildman–Crippen MR) is 91.9 cm³/mol. The van der Waals surface area contributed by atoms with E-state index in [2.05, 4.69) is 35.4 Å². The smallest absolute Gasteiger partial charge is 0.194 e. The average Bonchev–Trinajstić information content (AvgIpc) is 2.96. The lowest BCUT2D eigenvalue weighted by Gasteiger charge is -2.08. The third-order valence-electron chi connectivity index (χ3n) is 3.76. The number of rotatable bonds is 5. The van der Waals surface area contributed by atoms with Gasteiger partial charge in [-0.25, -0.2) is 4.98 Å². The number of aryl methyl sites for hydroxylation is 2. The van der Waals surface area contributed by atoms with E-state index in [0.717, 1.165) is 22.8 Å². The molecule has 0 aliphatic heterocycles. The first kappa shape index (κ1) is 15.1. The van der Waals surface area contributed by atoms with Gasteiger partial charge in [-0.3, -0.25) is 4.40 Å². The van der Waals surface area contributed by atoms with Gasteiger partial charge >= 0.3 is 0 Å². The Kier molecular flexibility index (Phi) is 4.18. The van der Waals surface area contributed by atoms with Crippen LogP contribution in [-0.4, -0.2) is 22.5 Å². The van der Waals surface area contributed by atoms with Gasteiger partial charge in [0.25, 0.3) is 0 Å². The number of nitrogens with zero attached hydrogens (tertiary/aromatic N) is 2. The van der Waals surface area contributed by atoms with Crippen LogP contribution in [0.4, 0.5) is 0 Å². The molecule has 0 aliphatic rings. The van der Waals surface area contributed by atoms with Gasteiger partial charge in [-0.2, -0.15) is 0 Å². The Balaban J connectivity index is 2.14. The van der Waals surface area contributed by atoms with Gasteiger partial charge in [0.05, 0.1) is 18.0 Å². The molecule has 0 spiro atoms. The maximum atomic E-state index is 5.77. The fraction of sp³-hybridized carbons (Fsp3) is 0.353. The fourth-order valence-corrected chi connectivity index (χ4v) is 3.87. The number of fused-ring (bicyclic) bond motifs is 1. The molecule has 0 radical (unpaired) electrons. The van der Waals surface area contributed by atoms with Crippen molar-refractivity contribution >= 4 is 16.3 Å². The van der Waals surface area contributed by atoms with Crippen molar-refractivity contribution in [3.63, 3.8) is 0 Å². The van der Waals surface area contributed by atoms with Gasteiger partial charge in [0, 0.05) is 17.0 Å². The standard InChI is InChI=1S/C17H21N3OS/c1-4-21-14-7-5-13(6-8-14)16-12(3)22-17-19-11(2)15(9-10-18)20(16)17/h5-8H,4,9-10,18H2,1-3H3. The molecular formula is C17H21N3OS. The van der Waals surface area contributed by atoms with Crippen molar-refractivity contribution in [1.82, 2.24) is 9.38 Å². The molecule has 116 valence electrons. The van der Waals surface area contributed by atoms with Gasteiger partial charge in [0.15, 0.2) is 4.96 Å². The zero-order valence-electron chi connectivity index (χ0n) is 13.2. The summed E-state index contributed by atoms with van der Waals surface area (Å²) >= 11 is 1.73. The maximum Gasteiger partial charge on any atom is 0.194 e. The second-order valence-electron chi connectivity index (χ2n) is 5.26. The third-order valence-corrected chi connectivity index (χ3v) is 4.72. The molecule has 0 saturated carbocycles. The zero-order chi connectivity index (χ0) is 15.7. The molecule has 0 aliphatic carbocycles. The lowest BCUT2D eigenvalue weighted by atomic mass is 10.1. The van der Waals surface area contributed by atoms with E-state index in [4.69, 9.17) is 10.5 Å². The van der Waals surface area contributed by atoms with Crippen molar-refractivity contribution in [2.45, 2.75) is 27.2 Å². The molecule has 3 rings (SSSR count). The van der Waals surface area contributed by atoms with E-state index in [1.807, 2.05) is 19.1 Å². The minimum absolute atomic E-state index is 0.631. The number of benzene rings is 1. The normalized spacial score (nSPS) is 11.3. The van der Waals surface area contributed by atoms with E-state index in [1.165, 1.54) is 21.8 Å². The SMILES string of the molecule is CCOc1ccc(-c2c(C)sc3nc(C)c(CCN)n23)cc1. The highest BCUT2D eigenvalue weighted by Crippen LogP contribution is 2.34. The Hall–Kier alpha value is -1.85. The first-order chi connectivity index (χ1) is 10.7. The van der Waals surface area contributed by atoms with Gasteiger partial charge in [0.1, 0.15) is 5.75 Å². The van der Waals surface area contributed by atoms with Gasteiger partial charge in [-0.1, -0.05) is 0 Å². The maximum absolute atomic E-state index is 5.77. The Morgan fingerprint density at radius 3 is 2.59 bits per heavy atom. The molecule has 0 amide bonds. The van der Waals surface area contributed by atoms with Crippen molar-refractivity contribution < 1.29 is 4.74 Å². The molecular weight excluding hydrogens is 294 g/mol. The number of imidazole rings is 1. The lowest BCUT2D eigenvalue weighted by Crippen LogP contribution is -2.06. The first-order valence-electron chi connectivity index (χ1n) is 7.56. The third kappa shape index (κ3) is 2.51. The Labute approximate surface area is 134 Å². The van der Waals surface area contributed by atoms with Gasteiger partial charge in [-0.05, 0) is 57.1 Å². The van der Waals surface area contributed by atoms with Gasteiger partial charge in [-0.15, -0.1) is 11.3 Å². The van der Waals surface area contributed by atoms with Crippen LogP contribution in [0.1, 0.15) is 23.2 Å². The molecule has 2 heterocycles. The molecule has 5 heteroatoms. The summed E-state index contributed by atoms with van der Waals surface area (Å²) < 4.78 is 7.79. The zero-order valence-corrected chi connectivity index (χ0v) is 14.0. The Morgan fingerprint density at radius 2 is 1.95 bits per heavy atom. The van der Waals surface area contributed by atoms with Crippen LogP contribution >= 0.6 is 11.3 Å². The van der Waals surface area contributed by atoms with Crippen molar-refractivity contribution in [1.29, 1.82) is 0 Å². The number of aromatic nitrogens is 2. The summed E-state index contributed by atoms with van der Waals surface area (Å²) in [5, 5.41) is 0. The second kappa shape index (κ2) is 6.10. The molecule has 22 heavy (non-hydrogen) atoms. The molecule has 0 bridgehead atoms. The summed E-state index contributed by atoms with van der Waals surface area (Å²) in [6.45, 7) is 7.51. The second-order valence-corrected chi connectivity index (χ2v) is 6.45. The van der Waals surface area contributed by atoms with Crippen molar-refractivity contribution in [3.8, 4) is 17.0 Å². The summed E-state index contributed by atoms with van der Waals surface area (Å²) in [6, 6.07) is 8.27. The lowest BCUT2D eigenvalue weighted by molar-refractivity contribution is 0.340. The van der Waals surface area contributed by atoms with Crippen molar-refractivity contribution in [2.24, 2.45) is 5.73 Å². The highest BCUT2D eigenvalue weighted by molar-refractivity contribution is 7.17. The van der Waals surface area contributed by atoms with Gasteiger partial charge < -0.3 is 10.5 Å². The fourth-order valence-electron chi connectivity index (χ4n) is 2.81. The van der Waals surface area contributed by atoms with Crippen LogP contribution in [-0.2, 0) is 6.42 Å². The molecule has 2 N–H and O–H groups in total. The minimum Gasteiger partial charge on any atom is -0.494 e. The summed E-state index contributed by atoms with van der Waals surface area (Å²) in [5.74, 6) is 0.902. The quantitative estimate of drug-likeness (QED) is 0.783. The monoisotopic (exact) mass is 315 g/mol. The van der Waals surface area contributed by atoms with Crippen LogP contribution in [0.3, 0.4) is 0 Å². The highest BCUT2D eigenvalue weighted by atomic mass is 32.1. The molecule has 3 aromatic rings. The van der Waals surface area contributed by atoms with Crippen LogP contribution in [0, 0.1) is 13.8 Å². The highest BCUT2D eigenvalue weighted by Gasteiger charge is 2.17. The summed E-state index contributed by atoms with van der Waals surface area (Å²) in [6.07, 6.45) is 0.840. The number of ether oxygens (including phenoxy) is 1. The summed E-state index contributed by atoms with van der Waals surface area (Å²) in [4.78, 5) is 7.00. The largest absolute Gasteiger partial charge is 0.494 e. The van der Waals surface area contributed by atoms with Crippen molar-refractivity contribution in [2.75, 3.05) is 13.2 Å². The molecule has 0 fully saturated rings. The van der Waals surface area contributed by atoms with Crippen LogP contribution in [0.2, 0.25) is 0 Å². The predicted octanol–water partition coefficient (Wildman–Crippen LogP) is 3.58. The molecule has 0 saturated heterocycles. The molecule has 1 aromatic carbocycles.